The van der Waals surface area contributed by atoms with Gasteiger partial charge in [-0.25, -0.2) is 0 Å². The minimum atomic E-state index is 0.600. The third kappa shape index (κ3) is 2.42. The van der Waals surface area contributed by atoms with E-state index < -0.39 is 0 Å². The maximum absolute atomic E-state index is 3.89. The van der Waals surface area contributed by atoms with Crippen LogP contribution >= 0.6 is 23.1 Å². The molecule has 3 rings (SSSR count). The normalized spacial score (nSPS) is 30.7. The molecule has 2 unspecified atom stereocenters. The van der Waals surface area contributed by atoms with E-state index in [0.29, 0.717) is 12.1 Å². The first kappa shape index (κ1) is 12.1. The summed E-state index contributed by atoms with van der Waals surface area (Å²) in [5, 5.41) is 6.89. The molecule has 2 aliphatic rings. The molecule has 0 saturated heterocycles. The van der Waals surface area contributed by atoms with E-state index in [1.54, 1.807) is 9.77 Å². The second kappa shape index (κ2) is 4.94. The molecular weight excluding hydrogens is 246 g/mol. The zero-order valence-electron chi connectivity index (χ0n) is 10.6. The van der Waals surface area contributed by atoms with E-state index in [0.717, 1.165) is 11.2 Å². The van der Waals surface area contributed by atoms with Crippen molar-refractivity contribution in [1.82, 2.24) is 5.32 Å². The first-order valence-electron chi connectivity index (χ1n) is 6.74. The zero-order valence-corrected chi connectivity index (χ0v) is 12.2. The van der Waals surface area contributed by atoms with Gasteiger partial charge >= 0.3 is 0 Å². The average molecular weight is 267 g/mol. The molecule has 0 radical (unpaired) electrons. The molecule has 1 saturated carbocycles. The molecule has 1 aromatic rings. The highest BCUT2D eigenvalue weighted by molar-refractivity contribution is 8.01. The van der Waals surface area contributed by atoms with E-state index in [9.17, 15) is 0 Å². The maximum Gasteiger partial charge on any atom is 0.0649 e. The topological polar surface area (TPSA) is 12.0 Å². The zero-order chi connectivity index (χ0) is 11.8. The van der Waals surface area contributed by atoms with Crippen LogP contribution in [0.5, 0.6) is 0 Å². The van der Waals surface area contributed by atoms with Gasteiger partial charge in [-0.2, -0.15) is 0 Å². The van der Waals surface area contributed by atoms with Gasteiger partial charge < -0.3 is 5.32 Å². The highest BCUT2D eigenvalue weighted by Gasteiger charge is 2.30. The Labute approximate surface area is 112 Å². The quantitative estimate of drug-likeness (QED) is 0.868. The number of thioether (sulfide) groups is 1. The lowest BCUT2D eigenvalue weighted by molar-refractivity contribution is 0.223. The Bertz CT molecular complexity index is 383. The standard InChI is InChI=1S/C14H21NS2/c1-9-8-13(12-6-7-16-14(12)17-9)15-10(2)11-4-3-5-11/h6-7,9-11,13,15H,3-5,8H2,1-2H3/t9-,10?,13?/m0/s1. The Morgan fingerprint density at radius 3 is 2.94 bits per heavy atom. The molecule has 1 N–H and O–H groups in total. The summed E-state index contributed by atoms with van der Waals surface area (Å²) in [4.78, 5) is 0. The summed E-state index contributed by atoms with van der Waals surface area (Å²) in [5.74, 6) is 0.932. The minimum Gasteiger partial charge on any atom is -0.307 e. The van der Waals surface area contributed by atoms with Gasteiger partial charge in [-0.15, -0.1) is 23.1 Å². The smallest absolute Gasteiger partial charge is 0.0649 e. The highest BCUT2D eigenvalue weighted by atomic mass is 32.2. The van der Waals surface area contributed by atoms with Crippen LogP contribution < -0.4 is 5.32 Å². The van der Waals surface area contributed by atoms with Crippen molar-refractivity contribution in [2.45, 2.75) is 61.1 Å². The van der Waals surface area contributed by atoms with Gasteiger partial charge in [0.05, 0.1) is 4.21 Å². The summed E-state index contributed by atoms with van der Waals surface area (Å²) in [5.41, 5.74) is 1.56. The highest BCUT2D eigenvalue weighted by Crippen LogP contribution is 2.44. The van der Waals surface area contributed by atoms with Crippen molar-refractivity contribution in [1.29, 1.82) is 0 Å². The molecule has 0 spiro atoms. The Morgan fingerprint density at radius 1 is 1.41 bits per heavy atom. The summed E-state index contributed by atoms with van der Waals surface area (Å²) in [6.07, 6.45) is 5.59. The Morgan fingerprint density at radius 2 is 2.24 bits per heavy atom. The number of nitrogens with one attached hydrogen (secondary N) is 1. The SMILES string of the molecule is CC(NC1C[C@H](C)Sc2sccc21)C1CCC1. The summed E-state index contributed by atoms with van der Waals surface area (Å²) >= 11 is 3.97. The van der Waals surface area contributed by atoms with E-state index in [4.69, 9.17) is 0 Å². The summed E-state index contributed by atoms with van der Waals surface area (Å²) in [7, 11) is 0. The summed E-state index contributed by atoms with van der Waals surface area (Å²) < 4.78 is 1.54. The van der Waals surface area contributed by atoms with Crippen LogP contribution in [0.15, 0.2) is 15.7 Å². The van der Waals surface area contributed by atoms with Crippen molar-refractivity contribution in [3.63, 3.8) is 0 Å². The van der Waals surface area contributed by atoms with Gasteiger partial charge in [-0.3, -0.25) is 0 Å². The fourth-order valence-electron chi connectivity index (χ4n) is 2.90. The van der Waals surface area contributed by atoms with Crippen LogP contribution in [0.2, 0.25) is 0 Å². The molecule has 1 aliphatic heterocycles. The van der Waals surface area contributed by atoms with Gasteiger partial charge in [0.2, 0.25) is 0 Å². The number of hydrogen-bond acceptors (Lipinski definition) is 3. The van der Waals surface area contributed by atoms with Crippen LogP contribution in [0.3, 0.4) is 0 Å². The second-order valence-corrected chi connectivity index (χ2v) is 8.15. The molecule has 17 heavy (non-hydrogen) atoms. The molecule has 1 nitrogen and oxygen atoms in total. The molecule has 3 heteroatoms. The second-order valence-electron chi connectivity index (χ2n) is 5.53. The lowest BCUT2D eigenvalue weighted by atomic mass is 9.80. The van der Waals surface area contributed by atoms with Crippen molar-refractivity contribution >= 4 is 23.1 Å². The van der Waals surface area contributed by atoms with Crippen LogP contribution in [0.4, 0.5) is 0 Å². The van der Waals surface area contributed by atoms with Crippen LogP contribution in [0.25, 0.3) is 0 Å². The summed E-state index contributed by atoms with van der Waals surface area (Å²) in [6.45, 7) is 4.73. The number of thiophene rings is 1. The van der Waals surface area contributed by atoms with E-state index in [1.165, 1.54) is 25.7 Å². The molecule has 0 aromatic carbocycles. The molecule has 0 bridgehead atoms. The van der Waals surface area contributed by atoms with Crippen LogP contribution in [0, 0.1) is 5.92 Å². The maximum atomic E-state index is 3.89. The average Bonchev–Trinajstić information content (AvgIpc) is 2.62. The molecule has 94 valence electrons. The Hall–Kier alpha value is 0.0100. The third-order valence-electron chi connectivity index (χ3n) is 4.23. The number of rotatable bonds is 3. The van der Waals surface area contributed by atoms with Gasteiger partial charge in [0.1, 0.15) is 0 Å². The predicted molar refractivity (Wildman–Crippen MR) is 76.9 cm³/mol. The van der Waals surface area contributed by atoms with Gasteiger partial charge in [0.25, 0.3) is 0 Å². The van der Waals surface area contributed by atoms with E-state index >= 15 is 0 Å². The molecular formula is C14H21NS2. The lowest BCUT2D eigenvalue weighted by Crippen LogP contribution is -2.40. The number of fused-ring (bicyclic) bond motifs is 1. The van der Waals surface area contributed by atoms with E-state index in [-0.39, 0.29) is 0 Å². The van der Waals surface area contributed by atoms with E-state index in [1.807, 2.05) is 11.3 Å². The van der Waals surface area contributed by atoms with Gasteiger partial charge in [0, 0.05) is 17.3 Å². The fraction of sp³-hybridized carbons (Fsp3) is 0.714. The molecule has 3 atom stereocenters. The monoisotopic (exact) mass is 267 g/mol. The van der Waals surface area contributed by atoms with Crippen LogP contribution in [-0.4, -0.2) is 11.3 Å². The minimum absolute atomic E-state index is 0.600. The summed E-state index contributed by atoms with van der Waals surface area (Å²) in [6, 6.07) is 3.62. The van der Waals surface area contributed by atoms with E-state index in [2.05, 4.69) is 42.4 Å². The largest absolute Gasteiger partial charge is 0.307 e. The number of hydrogen-bond donors (Lipinski definition) is 1. The van der Waals surface area contributed by atoms with Crippen LogP contribution in [0.1, 0.15) is 51.1 Å². The first-order chi connectivity index (χ1) is 8.24. The molecule has 1 fully saturated rings. The van der Waals surface area contributed by atoms with Gasteiger partial charge in [-0.05, 0) is 49.1 Å². The Kier molecular flexibility index (Phi) is 3.51. The molecule has 0 amide bonds. The van der Waals surface area contributed by atoms with Crippen molar-refractivity contribution in [3.8, 4) is 0 Å². The lowest BCUT2D eigenvalue weighted by Gasteiger charge is -2.37. The van der Waals surface area contributed by atoms with Crippen molar-refractivity contribution in [2.24, 2.45) is 5.92 Å². The van der Waals surface area contributed by atoms with Crippen LogP contribution in [-0.2, 0) is 0 Å². The van der Waals surface area contributed by atoms with Gasteiger partial charge in [-0.1, -0.05) is 13.3 Å². The van der Waals surface area contributed by atoms with Crippen molar-refractivity contribution < 1.29 is 0 Å². The van der Waals surface area contributed by atoms with Gasteiger partial charge in [0.15, 0.2) is 0 Å². The predicted octanol–water partition coefficient (Wildman–Crippen LogP) is 4.45. The first-order valence-corrected chi connectivity index (χ1v) is 8.50. The third-order valence-corrected chi connectivity index (χ3v) is 6.57. The molecule has 2 heterocycles. The fourth-order valence-corrected chi connectivity index (χ4v) is 5.47. The van der Waals surface area contributed by atoms with Crippen molar-refractivity contribution in [3.05, 3.63) is 17.0 Å². The van der Waals surface area contributed by atoms with Crippen molar-refractivity contribution in [2.75, 3.05) is 0 Å². The Balaban J connectivity index is 1.70. The molecule has 1 aromatic heterocycles. The molecule has 1 aliphatic carbocycles.